The Kier molecular flexibility index (Phi) is 4.97. The number of fused-ring (bicyclic) bond motifs is 1. The number of nitrogens with zero attached hydrogens (tertiary/aromatic N) is 4. The first kappa shape index (κ1) is 17.7. The third kappa shape index (κ3) is 3.34. The van der Waals surface area contributed by atoms with Gasteiger partial charge >= 0.3 is 0 Å². The fourth-order valence-corrected chi connectivity index (χ4v) is 3.33. The van der Waals surface area contributed by atoms with Crippen molar-refractivity contribution in [3.8, 4) is 0 Å². The number of benzene rings is 2. The zero-order valence-electron chi connectivity index (χ0n) is 14.2. The fourth-order valence-electron chi connectivity index (χ4n) is 2.77. The second-order valence-corrected chi connectivity index (χ2v) is 6.71. The molecule has 0 aliphatic heterocycles. The van der Waals surface area contributed by atoms with Gasteiger partial charge in [-0.2, -0.15) is 0 Å². The van der Waals surface area contributed by atoms with Gasteiger partial charge in [0.2, 0.25) is 0 Å². The SMILES string of the molecule is CCn1nnc2cc(C(=O)N(C)C(C)c3ccc(Cl)cc3Cl)ccc21. The monoisotopic (exact) mass is 376 g/mol. The number of halogens is 2. The van der Waals surface area contributed by atoms with Crippen LogP contribution >= 0.6 is 23.2 Å². The van der Waals surface area contributed by atoms with E-state index in [9.17, 15) is 4.79 Å². The summed E-state index contributed by atoms with van der Waals surface area (Å²) in [5, 5.41) is 9.31. The van der Waals surface area contributed by atoms with Gasteiger partial charge in [0.05, 0.1) is 11.6 Å². The summed E-state index contributed by atoms with van der Waals surface area (Å²) in [7, 11) is 1.75. The third-order valence-corrected chi connectivity index (χ3v) is 4.94. The number of amides is 1. The highest BCUT2D eigenvalue weighted by Crippen LogP contribution is 2.30. The molecule has 0 spiro atoms. The molecule has 0 saturated heterocycles. The van der Waals surface area contributed by atoms with E-state index in [1.165, 1.54) is 0 Å². The molecule has 0 aliphatic carbocycles. The maximum Gasteiger partial charge on any atom is 0.254 e. The highest BCUT2D eigenvalue weighted by molar-refractivity contribution is 6.35. The van der Waals surface area contributed by atoms with Crippen molar-refractivity contribution in [3.05, 3.63) is 57.6 Å². The van der Waals surface area contributed by atoms with Gasteiger partial charge in [-0.1, -0.05) is 34.5 Å². The van der Waals surface area contributed by atoms with Crippen LogP contribution in [-0.4, -0.2) is 32.8 Å². The van der Waals surface area contributed by atoms with Crippen LogP contribution in [0.2, 0.25) is 10.0 Å². The zero-order chi connectivity index (χ0) is 18.1. The Morgan fingerprint density at radius 1 is 1.24 bits per heavy atom. The van der Waals surface area contributed by atoms with E-state index in [0.717, 1.165) is 17.6 Å². The number of hydrogen-bond donors (Lipinski definition) is 0. The standard InChI is InChI=1S/C18H18Cl2N4O/c1-4-24-17-8-5-12(9-16(17)21-22-24)18(25)23(3)11(2)14-7-6-13(19)10-15(14)20/h5-11H,4H2,1-3H3. The summed E-state index contributed by atoms with van der Waals surface area (Å²) in [5.74, 6) is -0.105. The lowest BCUT2D eigenvalue weighted by atomic mass is 10.1. The Morgan fingerprint density at radius 2 is 2.00 bits per heavy atom. The van der Waals surface area contributed by atoms with Crippen LogP contribution in [0.1, 0.15) is 35.8 Å². The molecule has 1 amide bonds. The molecule has 1 aromatic heterocycles. The summed E-state index contributed by atoms with van der Waals surface area (Å²) in [6.45, 7) is 4.66. The van der Waals surface area contributed by atoms with Gasteiger partial charge in [-0.3, -0.25) is 4.79 Å². The minimum Gasteiger partial charge on any atom is -0.335 e. The molecule has 1 atom stereocenters. The van der Waals surface area contributed by atoms with E-state index in [2.05, 4.69) is 10.3 Å². The summed E-state index contributed by atoms with van der Waals surface area (Å²) in [5.41, 5.74) is 3.03. The largest absolute Gasteiger partial charge is 0.335 e. The lowest BCUT2D eigenvalue weighted by molar-refractivity contribution is 0.0743. The summed E-state index contributed by atoms with van der Waals surface area (Å²) < 4.78 is 1.80. The first-order valence-corrected chi connectivity index (χ1v) is 8.73. The minimum absolute atomic E-state index is 0.105. The molecule has 2 aromatic carbocycles. The van der Waals surface area contributed by atoms with Gasteiger partial charge in [0.15, 0.2) is 0 Å². The van der Waals surface area contributed by atoms with Gasteiger partial charge in [-0.25, -0.2) is 4.68 Å². The predicted molar refractivity (Wildman–Crippen MR) is 100 cm³/mol. The number of rotatable bonds is 4. The van der Waals surface area contributed by atoms with E-state index in [-0.39, 0.29) is 11.9 Å². The van der Waals surface area contributed by atoms with Crippen LogP contribution in [0.5, 0.6) is 0 Å². The van der Waals surface area contributed by atoms with E-state index < -0.39 is 0 Å². The minimum atomic E-state index is -0.195. The number of aromatic nitrogens is 3. The maximum atomic E-state index is 12.9. The van der Waals surface area contributed by atoms with Crippen molar-refractivity contribution in [2.24, 2.45) is 0 Å². The van der Waals surface area contributed by atoms with Crippen molar-refractivity contribution >= 4 is 40.1 Å². The molecular formula is C18H18Cl2N4O. The van der Waals surface area contributed by atoms with Gasteiger partial charge in [-0.05, 0) is 49.7 Å². The van der Waals surface area contributed by atoms with E-state index in [1.807, 2.05) is 26.0 Å². The van der Waals surface area contributed by atoms with E-state index in [4.69, 9.17) is 23.2 Å². The van der Waals surface area contributed by atoms with Crippen LogP contribution in [-0.2, 0) is 6.54 Å². The zero-order valence-corrected chi connectivity index (χ0v) is 15.7. The average Bonchev–Trinajstić information content (AvgIpc) is 3.02. The second-order valence-electron chi connectivity index (χ2n) is 5.87. The summed E-state index contributed by atoms with van der Waals surface area (Å²) in [6.07, 6.45) is 0. The van der Waals surface area contributed by atoms with Crippen LogP contribution in [0.4, 0.5) is 0 Å². The third-order valence-electron chi connectivity index (χ3n) is 4.37. The molecule has 0 saturated carbocycles. The van der Waals surface area contributed by atoms with E-state index in [1.54, 1.807) is 40.9 Å². The molecule has 0 fully saturated rings. The number of carbonyl (C=O) groups is 1. The smallest absolute Gasteiger partial charge is 0.254 e. The summed E-state index contributed by atoms with van der Waals surface area (Å²) in [6, 6.07) is 10.5. The van der Waals surface area contributed by atoms with Crippen molar-refractivity contribution < 1.29 is 4.79 Å². The first-order chi connectivity index (χ1) is 11.9. The maximum absolute atomic E-state index is 12.9. The predicted octanol–water partition coefficient (Wildman–Crippen LogP) is 4.59. The molecule has 5 nitrogen and oxygen atoms in total. The average molecular weight is 377 g/mol. The lowest BCUT2D eigenvalue weighted by Gasteiger charge is -2.26. The number of carbonyl (C=O) groups excluding carboxylic acids is 1. The van der Waals surface area contributed by atoms with Gasteiger partial charge < -0.3 is 4.90 Å². The number of hydrogen-bond acceptors (Lipinski definition) is 3. The number of aryl methyl sites for hydroxylation is 1. The molecule has 0 N–H and O–H groups in total. The van der Waals surface area contributed by atoms with Crippen LogP contribution < -0.4 is 0 Å². The van der Waals surface area contributed by atoms with Crippen molar-refractivity contribution in [3.63, 3.8) is 0 Å². The Labute approximate surface area is 156 Å². The van der Waals surface area contributed by atoms with Crippen LogP contribution in [0.25, 0.3) is 11.0 Å². The topological polar surface area (TPSA) is 51.0 Å². The molecule has 3 rings (SSSR count). The van der Waals surface area contributed by atoms with Crippen molar-refractivity contribution in [1.82, 2.24) is 19.9 Å². The normalized spacial score (nSPS) is 12.4. The summed E-state index contributed by atoms with van der Waals surface area (Å²) >= 11 is 12.2. The Balaban J connectivity index is 1.88. The van der Waals surface area contributed by atoms with Crippen LogP contribution in [0.3, 0.4) is 0 Å². The van der Waals surface area contributed by atoms with Crippen molar-refractivity contribution in [2.75, 3.05) is 7.05 Å². The van der Waals surface area contributed by atoms with Gasteiger partial charge in [0, 0.05) is 29.2 Å². The highest BCUT2D eigenvalue weighted by atomic mass is 35.5. The fraction of sp³-hybridized carbons (Fsp3) is 0.278. The molecule has 0 bridgehead atoms. The van der Waals surface area contributed by atoms with Crippen LogP contribution in [0.15, 0.2) is 36.4 Å². The van der Waals surface area contributed by atoms with Gasteiger partial charge in [0.1, 0.15) is 5.52 Å². The van der Waals surface area contributed by atoms with Gasteiger partial charge in [-0.15, -0.1) is 5.10 Å². The Hall–Kier alpha value is -2.11. The molecular weight excluding hydrogens is 359 g/mol. The lowest BCUT2D eigenvalue weighted by Crippen LogP contribution is -2.29. The van der Waals surface area contributed by atoms with E-state index >= 15 is 0 Å². The highest BCUT2D eigenvalue weighted by Gasteiger charge is 2.21. The first-order valence-electron chi connectivity index (χ1n) is 7.97. The second kappa shape index (κ2) is 7.02. The Morgan fingerprint density at radius 3 is 2.68 bits per heavy atom. The van der Waals surface area contributed by atoms with Crippen molar-refractivity contribution in [2.45, 2.75) is 26.4 Å². The van der Waals surface area contributed by atoms with Gasteiger partial charge in [0.25, 0.3) is 5.91 Å². The molecule has 7 heteroatoms. The van der Waals surface area contributed by atoms with Crippen molar-refractivity contribution in [1.29, 1.82) is 0 Å². The molecule has 1 unspecified atom stereocenters. The summed E-state index contributed by atoms with van der Waals surface area (Å²) in [4.78, 5) is 14.5. The molecule has 25 heavy (non-hydrogen) atoms. The molecule has 130 valence electrons. The molecule has 1 heterocycles. The molecule has 0 aliphatic rings. The quantitative estimate of drug-likeness (QED) is 0.668. The van der Waals surface area contributed by atoms with E-state index in [0.29, 0.717) is 21.1 Å². The molecule has 3 aromatic rings. The molecule has 0 radical (unpaired) electrons. The van der Waals surface area contributed by atoms with Crippen LogP contribution in [0, 0.1) is 0 Å². The Bertz CT molecular complexity index is 938.